The van der Waals surface area contributed by atoms with Gasteiger partial charge in [-0.3, -0.25) is 4.79 Å². The van der Waals surface area contributed by atoms with E-state index in [1.165, 1.54) is 0 Å². The predicted molar refractivity (Wildman–Crippen MR) is 78.1 cm³/mol. The van der Waals surface area contributed by atoms with E-state index in [9.17, 15) is 4.79 Å². The van der Waals surface area contributed by atoms with Crippen LogP contribution in [0, 0.1) is 6.92 Å². The molecule has 1 heterocycles. The van der Waals surface area contributed by atoms with Crippen molar-refractivity contribution in [3.05, 3.63) is 51.9 Å². The maximum Gasteiger partial charge on any atom is 0.291 e. The minimum absolute atomic E-state index is 0.0941. The fourth-order valence-corrected chi connectivity index (χ4v) is 2.00. The van der Waals surface area contributed by atoms with E-state index in [0.29, 0.717) is 17.0 Å². The minimum atomic E-state index is -0.414. The number of nitrogens with one attached hydrogen (secondary N) is 1. The predicted octanol–water partition coefficient (Wildman–Crippen LogP) is 2.70. The van der Waals surface area contributed by atoms with E-state index < -0.39 is 5.91 Å². The summed E-state index contributed by atoms with van der Waals surface area (Å²) in [6.45, 7) is 1.75. The number of carbonyl (C=O) groups is 1. The topological polar surface area (TPSA) is 101 Å². The number of benzene rings is 1. The normalized spacial score (nSPS) is 11.4. The smallest absolute Gasteiger partial charge is 0.291 e. The molecule has 0 fully saturated rings. The monoisotopic (exact) mass is 337 g/mol. The molecule has 2 rings (SSSR count). The van der Waals surface area contributed by atoms with E-state index in [1.807, 2.05) is 0 Å². The van der Waals surface area contributed by atoms with E-state index in [2.05, 4.69) is 26.4 Å². The first-order valence-electron chi connectivity index (χ1n) is 5.66. The van der Waals surface area contributed by atoms with E-state index >= 15 is 0 Å². The molecule has 0 bridgehead atoms. The molecule has 4 N–H and O–H groups in total. The van der Waals surface area contributed by atoms with Crippen LogP contribution in [-0.4, -0.2) is 17.0 Å². The van der Waals surface area contributed by atoms with Gasteiger partial charge in [-0.05, 0) is 37.3 Å². The lowest BCUT2D eigenvalue weighted by atomic mass is 10.1. The molecule has 0 saturated heterocycles. The third-order valence-corrected chi connectivity index (χ3v) is 3.07. The molecule has 1 amide bonds. The summed E-state index contributed by atoms with van der Waals surface area (Å²) < 4.78 is 5.99. The lowest BCUT2D eigenvalue weighted by Gasteiger charge is -2.09. The van der Waals surface area contributed by atoms with Crippen molar-refractivity contribution in [2.75, 3.05) is 5.32 Å². The molecule has 0 atom stereocenters. The van der Waals surface area contributed by atoms with Crippen molar-refractivity contribution in [1.82, 2.24) is 0 Å². The van der Waals surface area contributed by atoms with Gasteiger partial charge in [-0.25, -0.2) is 0 Å². The first-order chi connectivity index (χ1) is 9.51. The summed E-state index contributed by atoms with van der Waals surface area (Å²) in [7, 11) is 0. The van der Waals surface area contributed by atoms with Crippen LogP contribution in [0.3, 0.4) is 0 Å². The van der Waals surface area contributed by atoms with Crippen molar-refractivity contribution in [3.8, 4) is 0 Å². The molecule has 104 valence electrons. The SMILES string of the molecule is Cc1ccc(C(=O)Nc2cc(Br)ccc2/C(N)=N/O)o1. The Labute approximate surface area is 123 Å². The van der Waals surface area contributed by atoms with Crippen molar-refractivity contribution in [3.63, 3.8) is 0 Å². The van der Waals surface area contributed by atoms with Crippen molar-refractivity contribution in [1.29, 1.82) is 0 Å². The summed E-state index contributed by atoms with van der Waals surface area (Å²) in [5, 5.41) is 14.4. The number of furan rings is 1. The Kier molecular flexibility index (Phi) is 4.09. The molecule has 0 aliphatic heterocycles. The van der Waals surface area contributed by atoms with Gasteiger partial charge in [-0.1, -0.05) is 21.1 Å². The highest BCUT2D eigenvalue weighted by atomic mass is 79.9. The summed E-state index contributed by atoms with van der Waals surface area (Å²) in [6, 6.07) is 8.27. The van der Waals surface area contributed by atoms with E-state index in [4.69, 9.17) is 15.4 Å². The zero-order chi connectivity index (χ0) is 14.7. The van der Waals surface area contributed by atoms with Crippen LogP contribution < -0.4 is 11.1 Å². The average Bonchev–Trinajstić information content (AvgIpc) is 2.85. The lowest BCUT2D eigenvalue weighted by Crippen LogP contribution is -2.19. The molecule has 0 aliphatic carbocycles. The van der Waals surface area contributed by atoms with Crippen molar-refractivity contribution in [2.45, 2.75) is 6.92 Å². The summed E-state index contributed by atoms with van der Waals surface area (Å²) in [5.41, 5.74) is 6.39. The van der Waals surface area contributed by atoms with Gasteiger partial charge < -0.3 is 20.7 Å². The summed E-state index contributed by atoms with van der Waals surface area (Å²) in [6.07, 6.45) is 0. The Bertz CT molecular complexity index is 679. The molecule has 20 heavy (non-hydrogen) atoms. The molecule has 1 aromatic carbocycles. The highest BCUT2D eigenvalue weighted by molar-refractivity contribution is 9.10. The van der Waals surface area contributed by atoms with Crippen LogP contribution in [0.15, 0.2) is 44.4 Å². The fraction of sp³-hybridized carbons (Fsp3) is 0.0769. The largest absolute Gasteiger partial charge is 0.456 e. The second-order valence-corrected chi connectivity index (χ2v) is 4.96. The first kappa shape index (κ1) is 14.1. The molecular weight excluding hydrogens is 326 g/mol. The van der Waals surface area contributed by atoms with Crippen LogP contribution >= 0.6 is 15.9 Å². The number of nitrogens with two attached hydrogens (primary N) is 1. The van der Waals surface area contributed by atoms with Gasteiger partial charge in [0.2, 0.25) is 0 Å². The van der Waals surface area contributed by atoms with Crippen LogP contribution in [0.1, 0.15) is 21.9 Å². The van der Waals surface area contributed by atoms with Gasteiger partial charge in [0.15, 0.2) is 11.6 Å². The number of nitrogens with zero attached hydrogens (tertiary/aromatic N) is 1. The molecule has 6 nitrogen and oxygen atoms in total. The standard InChI is InChI=1S/C13H12BrN3O3/c1-7-2-5-11(20-7)13(18)16-10-6-8(14)3-4-9(10)12(15)17-19/h2-6,19H,1H3,(H2,15,17)(H,16,18). The second kappa shape index (κ2) is 5.79. The van der Waals surface area contributed by atoms with Crippen molar-refractivity contribution < 1.29 is 14.4 Å². The number of hydrogen-bond donors (Lipinski definition) is 3. The third-order valence-electron chi connectivity index (χ3n) is 2.58. The molecule has 0 aliphatic rings. The highest BCUT2D eigenvalue weighted by Gasteiger charge is 2.14. The van der Waals surface area contributed by atoms with Gasteiger partial charge in [0.25, 0.3) is 5.91 Å². The Morgan fingerprint density at radius 1 is 1.40 bits per heavy atom. The molecule has 1 aromatic heterocycles. The molecule has 0 spiro atoms. The maximum atomic E-state index is 12.0. The van der Waals surface area contributed by atoms with Crippen LogP contribution in [0.2, 0.25) is 0 Å². The van der Waals surface area contributed by atoms with Crippen molar-refractivity contribution in [2.24, 2.45) is 10.9 Å². The molecular formula is C13H12BrN3O3. The average molecular weight is 338 g/mol. The quantitative estimate of drug-likeness (QED) is 0.347. The van der Waals surface area contributed by atoms with Gasteiger partial charge in [0.05, 0.1) is 5.69 Å². The Morgan fingerprint density at radius 2 is 2.15 bits per heavy atom. The Hall–Kier alpha value is -2.28. The Morgan fingerprint density at radius 3 is 2.75 bits per heavy atom. The van der Waals surface area contributed by atoms with Gasteiger partial charge in [-0.2, -0.15) is 0 Å². The van der Waals surface area contributed by atoms with Crippen molar-refractivity contribution >= 4 is 33.4 Å². The van der Waals surface area contributed by atoms with E-state index in [1.54, 1.807) is 37.3 Å². The number of carbonyl (C=O) groups excluding carboxylic acids is 1. The van der Waals surface area contributed by atoms with Gasteiger partial charge in [-0.15, -0.1) is 0 Å². The van der Waals surface area contributed by atoms with E-state index in [0.717, 1.165) is 4.47 Å². The molecule has 7 heteroatoms. The molecule has 0 radical (unpaired) electrons. The number of aryl methyl sites for hydroxylation is 1. The molecule has 0 unspecified atom stereocenters. The second-order valence-electron chi connectivity index (χ2n) is 4.04. The number of hydrogen-bond acceptors (Lipinski definition) is 4. The number of amides is 1. The minimum Gasteiger partial charge on any atom is -0.456 e. The summed E-state index contributed by atoms with van der Waals surface area (Å²) >= 11 is 3.30. The van der Waals surface area contributed by atoms with Gasteiger partial charge >= 0.3 is 0 Å². The summed E-state index contributed by atoms with van der Waals surface area (Å²) in [4.78, 5) is 12.0. The van der Waals surface area contributed by atoms with Crippen LogP contribution in [0.4, 0.5) is 5.69 Å². The summed E-state index contributed by atoms with van der Waals surface area (Å²) in [5.74, 6) is 0.320. The zero-order valence-electron chi connectivity index (χ0n) is 10.6. The van der Waals surface area contributed by atoms with Crippen LogP contribution in [-0.2, 0) is 0 Å². The molecule has 0 saturated carbocycles. The van der Waals surface area contributed by atoms with Gasteiger partial charge in [0, 0.05) is 10.0 Å². The third kappa shape index (κ3) is 3.00. The zero-order valence-corrected chi connectivity index (χ0v) is 12.1. The highest BCUT2D eigenvalue weighted by Crippen LogP contribution is 2.22. The van der Waals surface area contributed by atoms with Crippen LogP contribution in [0.5, 0.6) is 0 Å². The number of rotatable bonds is 3. The Balaban J connectivity index is 2.33. The number of anilines is 1. The van der Waals surface area contributed by atoms with Crippen LogP contribution in [0.25, 0.3) is 0 Å². The number of amidine groups is 1. The lowest BCUT2D eigenvalue weighted by molar-refractivity contribution is 0.0995. The van der Waals surface area contributed by atoms with E-state index in [-0.39, 0.29) is 11.6 Å². The fourth-order valence-electron chi connectivity index (χ4n) is 1.64. The first-order valence-corrected chi connectivity index (χ1v) is 6.46. The maximum absolute atomic E-state index is 12.0. The number of oxime groups is 1. The van der Waals surface area contributed by atoms with Gasteiger partial charge in [0.1, 0.15) is 5.76 Å². The number of halogens is 1. The molecule has 2 aromatic rings.